The molecule has 0 radical (unpaired) electrons. The Bertz CT molecular complexity index is 785. The number of amides is 1. The number of benzene rings is 1. The summed E-state index contributed by atoms with van der Waals surface area (Å²) in [7, 11) is 0. The van der Waals surface area contributed by atoms with Crippen molar-refractivity contribution in [2.24, 2.45) is 0 Å². The molecule has 21 heavy (non-hydrogen) atoms. The van der Waals surface area contributed by atoms with Crippen molar-refractivity contribution in [3.8, 4) is 0 Å². The molecule has 2 N–H and O–H groups in total. The molecule has 1 unspecified atom stereocenters. The summed E-state index contributed by atoms with van der Waals surface area (Å²) >= 11 is 0. The average molecular weight is 284 g/mol. The lowest BCUT2D eigenvalue weighted by atomic mass is 10.1. The quantitative estimate of drug-likeness (QED) is 0.776. The van der Waals surface area contributed by atoms with Crippen LogP contribution in [-0.4, -0.2) is 20.9 Å². The maximum absolute atomic E-state index is 13.1. The van der Waals surface area contributed by atoms with Crippen LogP contribution in [0.1, 0.15) is 29.1 Å². The third-order valence-corrected chi connectivity index (χ3v) is 3.21. The molecule has 3 rings (SSSR count). The van der Waals surface area contributed by atoms with Crippen molar-refractivity contribution >= 4 is 16.9 Å². The van der Waals surface area contributed by atoms with Gasteiger partial charge in [-0.3, -0.25) is 9.78 Å². The molecule has 0 aliphatic rings. The van der Waals surface area contributed by atoms with E-state index in [2.05, 4.69) is 20.3 Å². The summed E-state index contributed by atoms with van der Waals surface area (Å²) in [6, 6.07) is 7.64. The van der Waals surface area contributed by atoms with E-state index in [9.17, 15) is 9.18 Å². The molecule has 0 aliphatic carbocycles. The van der Waals surface area contributed by atoms with Crippen LogP contribution in [0.2, 0.25) is 0 Å². The van der Waals surface area contributed by atoms with Gasteiger partial charge < -0.3 is 10.3 Å². The first-order valence-electron chi connectivity index (χ1n) is 6.49. The molecule has 106 valence electrons. The molecule has 1 aromatic carbocycles. The number of aromatic amines is 1. The SMILES string of the molecule is CC(NC(=O)c1nc2ccc(F)cc2[nH]1)c1ccncc1. The number of rotatable bonds is 3. The fourth-order valence-corrected chi connectivity index (χ4v) is 2.09. The van der Waals surface area contributed by atoms with Gasteiger partial charge >= 0.3 is 0 Å². The van der Waals surface area contributed by atoms with Gasteiger partial charge in [-0.15, -0.1) is 0 Å². The minimum Gasteiger partial charge on any atom is -0.343 e. The number of nitrogens with one attached hydrogen (secondary N) is 2. The van der Waals surface area contributed by atoms with Crippen LogP contribution >= 0.6 is 0 Å². The van der Waals surface area contributed by atoms with Gasteiger partial charge in [0.15, 0.2) is 5.82 Å². The van der Waals surface area contributed by atoms with Crippen molar-refractivity contribution in [3.63, 3.8) is 0 Å². The summed E-state index contributed by atoms with van der Waals surface area (Å²) in [4.78, 5) is 23.1. The predicted octanol–water partition coefficient (Wildman–Crippen LogP) is 2.59. The van der Waals surface area contributed by atoms with Crippen LogP contribution in [0, 0.1) is 5.82 Å². The second kappa shape index (κ2) is 5.32. The highest BCUT2D eigenvalue weighted by Crippen LogP contribution is 2.14. The molecule has 0 saturated heterocycles. The second-order valence-electron chi connectivity index (χ2n) is 4.72. The van der Waals surface area contributed by atoms with E-state index in [1.165, 1.54) is 18.2 Å². The maximum Gasteiger partial charge on any atom is 0.287 e. The topological polar surface area (TPSA) is 70.7 Å². The monoisotopic (exact) mass is 284 g/mol. The number of hydrogen-bond donors (Lipinski definition) is 2. The van der Waals surface area contributed by atoms with E-state index < -0.39 is 0 Å². The van der Waals surface area contributed by atoms with Gasteiger partial charge in [0.05, 0.1) is 17.1 Å². The third kappa shape index (κ3) is 2.74. The molecule has 2 heterocycles. The molecule has 1 atom stereocenters. The molecule has 0 spiro atoms. The first-order valence-corrected chi connectivity index (χ1v) is 6.49. The third-order valence-electron chi connectivity index (χ3n) is 3.21. The largest absolute Gasteiger partial charge is 0.343 e. The van der Waals surface area contributed by atoms with Crippen molar-refractivity contribution in [1.29, 1.82) is 0 Å². The molecule has 6 heteroatoms. The summed E-state index contributed by atoms with van der Waals surface area (Å²) in [5.41, 5.74) is 2.00. The van der Waals surface area contributed by atoms with Gasteiger partial charge in [-0.2, -0.15) is 0 Å². The van der Waals surface area contributed by atoms with E-state index in [0.29, 0.717) is 11.0 Å². The number of aromatic nitrogens is 3. The summed E-state index contributed by atoms with van der Waals surface area (Å²) in [5.74, 6) is -0.546. The van der Waals surface area contributed by atoms with E-state index in [1.54, 1.807) is 12.4 Å². The van der Waals surface area contributed by atoms with Crippen LogP contribution in [0.25, 0.3) is 11.0 Å². The lowest BCUT2D eigenvalue weighted by Crippen LogP contribution is -2.27. The van der Waals surface area contributed by atoms with Crippen molar-refractivity contribution in [2.45, 2.75) is 13.0 Å². The summed E-state index contributed by atoms with van der Waals surface area (Å²) < 4.78 is 13.1. The Morgan fingerprint density at radius 3 is 2.81 bits per heavy atom. The highest BCUT2D eigenvalue weighted by Gasteiger charge is 2.15. The van der Waals surface area contributed by atoms with Crippen molar-refractivity contribution < 1.29 is 9.18 Å². The minimum atomic E-state index is -0.372. The first-order chi connectivity index (χ1) is 10.1. The molecule has 0 bridgehead atoms. The zero-order valence-electron chi connectivity index (χ0n) is 11.3. The standard InChI is InChI=1S/C15H13FN4O/c1-9(10-4-6-17-7-5-10)18-15(21)14-19-12-3-2-11(16)8-13(12)20-14/h2-9H,1H3,(H,18,21)(H,19,20). The second-order valence-corrected chi connectivity index (χ2v) is 4.72. The van der Waals surface area contributed by atoms with Crippen molar-refractivity contribution in [2.75, 3.05) is 0 Å². The highest BCUT2D eigenvalue weighted by atomic mass is 19.1. The lowest BCUT2D eigenvalue weighted by Gasteiger charge is -2.12. The number of imidazole rings is 1. The van der Waals surface area contributed by atoms with Crippen LogP contribution in [0.4, 0.5) is 4.39 Å². The van der Waals surface area contributed by atoms with Crippen molar-refractivity contribution in [1.82, 2.24) is 20.3 Å². The van der Waals surface area contributed by atoms with Gasteiger partial charge in [-0.25, -0.2) is 9.37 Å². The number of halogens is 1. The number of pyridine rings is 1. The Balaban J connectivity index is 1.80. The summed E-state index contributed by atoms with van der Waals surface area (Å²) in [6.07, 6.45) is 3.34. The Kier molecular flexibility index (Phi) is 3.35. The van der Waals surface area contributed by atoms with E-state index in [-0.39, 0.29) is 23.6 Å². The number of carbonyl (C=O) groups is 1. The zero-order chi connectivity index (χ0) is 14.8. The van der Waals surface area contributed by atoms with E-state index in [1.807, 2.05) is 19.1 Å². The molecule has 5 nitrogen and oxygen atoms in total. The Morgan fingerprint density at radius 2 is 2.05 bits per heavy atom. The lowest BCUT2D eigenvalue weighted by molar-refractivity contribution is 0.0930. The van der Waals surface area contributed by atoms with Gasteiger partial charge in [0.25, 0.3) is 5.91 Å². The van der Waals surface area contributed by atoms with E-state index in [0.717, 1.165) is 5.56 Å². The van der Waals surface area contributed by atoms with Gasteiger partial charge in [0.2, 0.25) is 0 Å². The molecule has 0 saturated carbocycles. The predicted molar refractivity (Wildman–Crippen MR) is 76.2 cm³/mol. The van der Waals surface area contributed by atoms with Gasteiger partial charge in [0.1, 0.15) is 5.82 Å². The number of H-pyrrole nitrogens is 1. The smallest absolute Gasteiger partial charge is 0.287 e. The molecule has 0 aliphatic heterocycles. The minimum absolute atomic E-state index is 0.163. The van der Waals surface area contributed by atoms with Gasteiger partial charge in [-0.05, 0) is 42.8 Å². The maximum atomic E-state index is 13.1. The van der Waals surface area contributed by atoms with Gasteiger partial charge in [0, 0.05) is 12.4 Å². The van der Waals surface area contributed by atoms with Gasteiger partial charge in [-0.1, -0.05) is 0 Å². The fraction of sp³-hybridized carbons (Fsp3) is 0.133. The Morgan fingerprint density at radius 1 is 1.29 bits per heavy atom. The molecular weight excluding hydrogens is 271 g/mol. The Hall–Kier alpha value is -2.76. The summed E-state index contributed by atoms with van der Waals surface area (Å²) in [5, 5.41) is 2.83. The average Bonchev–Trinajstić information content (AvgIpc) is 2.91. The zero-order valence-corrected chi connectivity index (χ0v) is 11.3. The molecule has 1 amide bonds. The molecule has 3 aromatic rings. The summed E-state index contributed by atoms with van der Waals surface area (Å²) in [6.45, 7) is 1.87. The number of fused-ring (bicyclic) bond motifs is 1. The fourth-order valence-electron chi connectivity index (χ4n) is 2.09. The van der Waals surface area contributed by atoms with E-state index in [4.69, 9.17) is 0 Å². The van der Waals surface area contributed by atoms with Crippen LogP contribution in [0.5, 0.6) is 0 Å². The highest BCUT2D eigenvalue weighted by molar-refractivity contribution is 5.94. The van der Waals surface area contributed by atoms with Crippen LogP contribution in [-0.2, 0) is 0 Å². The Labute approximate surface area is 120 Å². The van der Waals surface area contributed by atoms with Crippen molar-refractivity contribution in [3.05, 3.63) is 59.9 Å². The van der Waals surface area contributed by atoms with E-state index >= 15 is 0 Å². The number of hydrogen-bond acceptors (Lipinski definition) is 3. The van der Waals surface area contributed by atoms with Crippen LogP contribution in [0.15, 0.2) is 42.7 Å². The molecule has 2 aromatic heterocycles. The van der Waals surface area contributed by atoms with Crippen LogP contribution in [0.3, 0.4) is 0 Å². The van der Waals surface area contributed by atoms with Crippen LogP contribution < -0.4 is 5.32 Å². The number of nitrogens with zero attached hydrogens (tertiary/aromatic N) is 2. The molecular formula is C15H13FN4O. The normalized spacial score (nSPS) is 12.3. The molecule has 0 fully saturated rings. The number of carbonyl (C=O) groups excluding carboxylic acids is 1. The first kappa shape index (κ1) is 13.2.